The second kappa shape index (κ2) is 7.07. The Morgan fingerprint density at radius 3 is 2.65 bits per heavy atom. The zero-order valence-corrected chi connectivity index (χ0v) is 12.7. The van der Waals surface area contributed by atoms with Crippen LogP contribution in [0.1, 0.15) is 31.4 Å². The number of methoxy groups -OCH3 is 1. The van der Waals surface area contributed by atoms with Gasteiger partial charge in [-0.1, -0.05) is 12.1 Å². The van der Waals surface area contributed by atoms with Gasteiger partial charge in [0.15, 0.2) is 0 Å². The van der Waals surface area contributed by atoms with Crippen molar-refractivity contribution in [3.8, 4) is 5.75 Å². The lowest BCUT2D eigenvalue weighted by atomic mass is 9.96. The zero-order valence-electron chi connectivity index (χ0n) is 12.7. The smallest absolute Gasteiger partial charge is 0.119 e. The third kappa shape index (κ3) is 3.51. The number of nitrogens with two attached hydrogens (primary N) is 1. The van der Waals surface area contributed by atoms with Gasteiger partial charge in [-0.3, -0.25) is 4.90 Å². The van der Waals surface area contributed by atoms with E-state index in [-0.39, 0.29) is 12.1 Å². The van der Waals surface area contributed by atoms with Crippen LogP contribution >= 0.6 is 0 Å². The van der Waals surface area contributed by atoms with Gasteiger partial charge >= 0.3 is 0 Å². The molecule has 0 bridgehead atoms. The lowest BCUT2D eigenvalue weighted by Crippen LogP contribution is -2.45. The van der Waals surface area contributed by atoms with Crippen LogP contribution < -0.4 is 10.5 Å². The molecule has 1 aromatic carbocycles. The van der Waals surface area contributed by atoms with Gasteiger partial charge in [0.1, 0.15) is 5.75 Å². The first-order valence-electron chi connectivity index (χ1n) is 7.32. The SMILES string of the molecule is COc1cccc(C(C(C)N)N(C)C2CCOCC2)c1. The highest BCUT2D eigenvalue weighted by atomic mass is 16.5. The minimum atomic E-state index is 0.0648. The molecule has 112 valence electrons. The van der Waals surface area contributed by atoms with Crippen molar-refractivity contribution in [2.45, 2.75) is 37.9 Å². The van der Waals surface area contributed by atoms with Gasteiger partial charge in [0.25, 0.3) is 0 Å². The maximum atomic E-state index is 6.25. The van der Waals surface area contributed by atoms with E-state index in [1.165, 1.54) is 5.56 Å². The molecule has 0 aromatic heterocycles. The summed E-state index contributed by atoms with van der Waals surface area (Å²) < 4.78 is 10.8. The summed E-state index contributed by atoms with van der Waals surface area (Å²) in [5.41, 5.74) is 7.47. The lowest BCUT2D eigenvalue weighted by molar-refractivity contribution is 0.0245. The van der Waals surface area contributed by atoms with E-state index >= 15 is 0 Å². The molecule has 0 amide bonds. The Labute approximate surface area is 121 Å². The first-order valence-corrected chi connectivity index (χ1v) is 7.32. The summed E-state index contributed by atoms with van der Waals surface area (Å²) in [4.78, 5) is 2.40. The minimum absolute atomic E-state index is 0.0648. The van der Waals surface area contributed by atoms with Crippen LogP contribution in [0.15, 0.2) is 24.3 Å². The molecule has 1 saturated heterocycles. The lowest BCUT2D eigenvalue weighted by Gasteiger charge is -2.39. The second-order valence-corrected chi connectivity index (χ2v) is 5.59. The van der Waals surface area contributed by atoms with Crippen molar-refractivity contribution in [2.75, 3.05) is 27.4 Å². The molecule has 20 heavy (non-hydrogen) atoms. The van der Waals surface area contributed by atoms with Crippen molar-refractivity contribution < 1.29 is 9.47 Å². The van der Waals surface area contributed by atoms with E-state index in [4.69, 9.17) is 15.2 Å². The number of ether oxygens (including phenoxy) is 2. The average Bonchev–Trinajstić information content (AvgIpc) is 2.48. The highest BCUT2D eigenvalue weighted by molar-refractivity contribution is 5.31. The van der Waals surface area contributed by atoms with Gasteiger partial charge in [0.05, 0.1) is 7.11 Å². The van der Waals surface area contributed by atoms with Gasteiger partial charge in [0, 0.05) is 31.3 Å². The molecule has 1 aliphatic rings. The van der Waals surface area contributed by atoms with Gasteiger partial charge in [0.2, 0.25) is 0 Å². The van der Waals surface area contributed by atoms with Crippen molar-refractivity contribution in [1.29, 1.82) is 0 Å². The van der Waals surface area contributed by atoms with Crippen molar-refractivity contribution in [2.24, 2.45) is 5.73 Å². The molecule has 1 heterocycles. The van der Waals surface area contributed by atoms with E-state index in [0.29, 0.717) is 6.04 Å². The summed E-state index contributed by atoms with van der Waals surface area (Å²) in [6.45, 7) is 3.76. The molecule has 2 N–H and O–H groups in total. The van der Waals surface area contributed by atoms with Crippen LogP contribution in [0.2, 0.25) is 0 Å². The van der Waals surface area contributed by atoms with E-state index in [1.54, 1.807) is 7.11 Å². The number of likely N-dealkylation sites (N-methyl/N-ethyl adjacent to an activating group) is 1. The Morgan fingerprint density at radius 1 is 1.35 bits per heavy atom. The topological polar surface area (TPSA) is 47.7 Å². The van der Waals surface area contributed by atoms with Gasteiger partial charge in [-0.15, -0.1) is 0 Å². The molecule has 0 saturated carbocycles. The second-order valence-electron chi connectivity index (χ2n) is 5.59. The van der Waals surface area contributed by atoms with E-state index in [1.807, 2.05) is 12.1 Å². The zero-order chi connectivity index (χ0) is 14.5. The van der Waals surface area contributed by atoms with E-state index in [2.05, 4.69) is 31.0 Å². The Bertz CT molecular complexity index is 417. The fourth-order valence-corrected chi connectivity index (χ4v) is 3.05. The van der Waals surface area contributed by atoms with Gasteiger partial charge < -0.3 is 15.2 Å². The Kier molecular flexibility index (Phi) is 5.40. The first-order chi connectivity index (χ1) is 9.63. The van der Waals surface area contributed by atoms with Crippen LogP contribution in [0.4, 0.5) is 0 Å². The van der Waals surface area contributed by atoms with Crippen molar-refractivity contribution >= 4 is 0 Å². The van der Waals surface area contributed by atoms with Crippen LogP contribution in [-0.4, -0.2) is 44.4 Å². The highest BCUT2D eigenvalue weighted by Crippen LogP contribution is 2.29. The van der Waals surface area contributed by atoms with Crippen LogP contribution in [0.5, 0.6) is 5.75 Å². The first kappa shape index (κ1) is 15.3. The van der Waals surface area contributed by atoms with Gasteiger partial charge in [-0.2, -0.15) is 0 Å². The van der Waals surface area contributed by atoms with E-state index < -0.39 is 0 Å². The molecule has 0 spiro atoms. The van der Waals surface area contributed by atoms with Crippen molar-refractivity contribution in [1.82, 2.24) is 4.90 Å². The Hall–Kier alpha value is -1.10. The standard InChI is InChI=1S/C16H26N2O2/c1-12(17)16(13-5-4-6-15(11-13)19-3)18(2)14-7-9-20-10-8-14/h4-6,11-12,14,16H,7-10,17H2,1-3H3. The normalized spacial score (nSPS) is 19.9. The summed E-state index contributed by atoms with van der Waals surface area (Å²) in [6.07, 6.45) is 2.15. The van der Waals surface area contributed by atoms with Crippen molar-refractivity contribution in [3.05, 3.63) is 29.8 Å². The number of hydrogen-bond acceptors (Lipinski definition) is 4. The molecule has 1 aliphatic heterocycles. The predicted molar refractivity (Wildman–Crippen MR) is 81.0 cm³/mol. The fraction of sp³-hybridized carbons (Fsp3) is 0.625. The van der Waals surface area contributed by atoms with E-state index in [0.717, 1.165) is 31.8 Å². The van der Waals surface area contributed by atoms with Gasteiger partial charge in [-0.05, 0) is 44.5 Å². The summed E-state index contributed by atoms with van der Waals surface area (Å²) in [6, 6.07) is 9.02. The average molecular weight is 278 g/mol. The van der Waals surface area contributed by atoms with Crippen LogP contribution in [0.25, 0.3) is 0 Å². The molecule has 4 heteroatoms. The van der Waals surface area contributed by atoms with E-state index in [9.17, 15) is 0 Å². The number of benzene rings is 1. The fourth-order valence-electron chi connectivity index (χ4n) is 3.05. The molecular weight excluding hydrogens is 252 g/mol. The third-order valence-electron chi connectivity index (χ3n) is 4.14. The molecule has 0 radical (unpaired) electrons. The highest BCUT2D eigenvalue weighted by Gasteiger charge is 2.28. The third-order valence-corrected chi connectivity index (χ3v) is 4.14. The molecule has 1 fully saturated rings. The maximum absolute atomic E-state index is 6.25. The Morgan fingerprint density at radius 2 is 2.05 bits per heavy atom. The minimum Gasteiger partial charge on any atom is -0.497 e. The molecule has 0 aliphatic carbocycles. The van der Waals surface area contributed by atoms with Crippen LogP contribution in [0, 0.1) is 0 Å². The number of rotatable bonds is 5. The molecule has 1 aromatic rings. The predicted octanol–water partition coefficient (Wildman–Crippen LogP) is 2.19. The Balaban J connectivity index is 2.20. The summed E-state index contributed by atoms with van der Waals surface area (Å²) in [7, 11) is 3.87. The summed E-state index contributed by atoms with van der Waals surface area (Å²) in [5, 5.41) is 0. The van der Waals surface area contributed by atoms with Crippen molar-refractivity contribution in [3.63, 3.8) is 0 Å². The molecule has 2 rings (SSSR count). The molecule has 4 nitrogen and oxygen atoms in total. The summed E-state index contributed by atoms with van der Waals surface area (Å²) >= 11 is 0. The molecule has 2 atom stereocenters. The van der Waals surface area contributed by atoms with Gasteiger partial charge in [-0.25, -0.2) is 0 Å². The largest absolute Gasteiger partial charge is 0.497 e. The molecule has 2 unspecified atom stereocenters. The number of hydrogen-bond donors (Lipinski definition) is 1. The van der Waals surface area contributed by atoms with Crippen LogP contribution in [0.3, 0.4) is 0 Å². The maximum Gasteiger partial charge on any atom is 0.119 e. The quantitative estimate of drug-likeness (QED) is 0.897. The summed E-state index contributed by atoms with van der Waals surface area (Å²) in [5.74, 6) is 0.883. The number of nitrogens with zero attached hydrogens (tertiary/aromatic N) is 1. The molecular formula is C16H26N2O2. The van der Waals surface area contributed by atoms with Crippen LogP contribution in [-0.2, 0) is 4.74 Å². The monoisotopic (exact) mass is 278 g/mol.